The van der Waals surface area contributed by atoms with Crippen LogP contribution in [0.15, 0.2) is 42.6 Å². The molecule has 0 saturated carbocycles. The molecule has 0 aliphatic rings. The van der Waals surface area contributed by atoms with Crippen molar-refractivity contribution in [3.8, 4) is 11.8 Å². The molecule has 0 unspecified atom stereocenters. The third kappa shape index (κ3) is 3.76. The van der Waals surface area contributed by atoms with Gasteiger partial charge in [0.05, 0.1) is 11.5 Å². The third-order valence-corrected chi connectivity index (χ3v) is 2.87. The second-order valence-electron chi connectivity index (χ2n) is 4.29. The highest BCUT2D eigenvalue weighted by Crippen LogP contribution is 2.27. The van der Waals surface area contributed by atoms with E-state index >= 15 is 0 Å². The van der Waals surface area contributed by atoms with Gasteiger partial charge in [-0.15, -0.1) is 0 Å². The van der Waals surface area contributed by atoms with Crippen LogP contribution < -0.4 is 4.74 Å². The number of nitriles is 1. The van der Waals surface area contributed by atoms with Gasteiger partial charge in [0, 0.05) is 18.0 Å². The maximum absolute atomic E-state index is 10.8. The Morgan fingerprint density at radius 1 is 1.29 bits per heavy atom. The standard InChI is InChI=1S/C15H13N3O3/c16-11-13-14(18(19)20)7-3-8-15(13)21-10-4-6-12-5-1-2-9-17-12/h1-3,5,7-9H,4,6,10H2. The maximum atomic E-state index is 10.8. The van der Waals surface area contributed by atoms with E-state index in [-0.39, 0.29) is 17.0 Å². The van der Waals surface area contributed by atoms with Crippen molar-refractivity contribution in [3.63, 3.8) is 0 Å². The molecule has 0 saturated heterocycles. The van der Waals surface area contributed by atoms with E-state index in [1.54, 1.807) is 12.3 Å². The average Bonchev–Trinajstić information content (AvgIpc) is 2.52. The molecular formula is C15H13N3O3. The van der Waals surface area contributed by atoms with Gasteiger partial charge in [-0.3, -0.25) is 15.1 Å². The van der Waals surface area contributed by atoms with Crippen molar-refractivity contribution in [3.05, 3.63) is 64.0 Å². The summed E-state index contributed by atoms with van der Waals surface area (Å²) in [7, 11) is 0. The molecule has 1 heterocycles. The van der Waals surface area contributed by atoms with Crippen LogP contribution in [0.3, 0.4) is 0 Å². The number of hydrogen-bond acceptors (Lipinski definition) is 5. The predicted octanol–water partition coefficient (Wildman–Crippen LogP) is 2.87. The summed E-state index contributed by atoms with van der Waals surface area (Å²) in [4.78, 5) is 14.5. The molecule has 0 radical (unpaired) electrons. The second-order valence-corrected chi connectivity index (χ2v) is 4.29. The lowest BCUT2D eigenvalue weighted by Gasteiger charge is -2.07. The fourth-order valence-corrected chi connectivity index (χ4v) is 1.89. The lowest BCUT2D eigenvalue weighted by molar-refractivity contribution is -0.385. The highest BCUT2D eigenvalue weighted by atomic mass is 16.6. The number of hydrogen-bond donors (Lipinski definition) is 0. The largest absolute Gasteiger partial charge is 0.492 e. The Balaban J connectivity index is 1.96. The van der Waals surface area contributed by atoms with Gasteiger partial charge < -0.3 is 4.74 Å². The van der Waals surface area contributed by atoms with Crippen molar-refractivity contribution in [2.45, 2.75) is 12.8 Å². The third-order valence-electron chi connectivity index (χ3n) is 2.87. The molecule has 21 heavy (non-hydrogen) atoms. The second kappa shape index (κ2) is 7.01. The van der Waals surface area contributed by atoms with E-state index in [2.05, 4.69) is 4.98 Å². The number of ether oxygens (including phenoxy) is 1. The van der Waals surface area contributed by atoms with Crippen LogP contribution in [-0.4, -0.2) is 16.5 Å². The van der Waals surface area contributed by atoms with Crippen molar-refractivity contribution in [2.75, 3.05) is 6.61 Å². The summed E-state index contributed by atoms with van der Waals surface area (Å²) in [5, 5.41) is 19.9. The van der Waals surface area contributed by atoms with Gasteiger partial charge in [-0.2, -0.15) is 5.26 Å². The van der Waals surface area contributed by atoms with Gasteiger partial charge in [-0.05, 0) is 31.0 Å². The van der Waals surface area contributed by atoms with Crippen LogP contribution in [0.5, 0.6) is 5.75 Å². The summed E-state index contributed by atoms with van der Waals surface area (Å²) >= 11 is 0. The molecule has 1 aromatic heterocycles. The zero-order valence-corrected chi connectivity index (χ0v) is 11.2. The van der Waals surface area contributed by atoms with Crippen LogP contribution in [0.25, 0.3) is 0 Å². The minimum absolute atomic E-state index is 0.0414. The predicted molar refractivity (Wildman–Crippen MR) is 75.9 cm³/mol. The smallest absolute Gasteiger partial charge is 0.290 e. The first-order valence-electron chi connectivity index (χ1n) is 6.42. The first-order valence-corrected chi connectivity index (χ1v) is 6.42. The summed E-state index contributed by atoms with van der Waals surface area (Å²) in [6, 6.07) is 11.9. The Morgan fingerprint density at radius 3 is 2.81 bits per heavy atom. The molecule has 0 spiro atoms. The van der Waals surface area contributed by atoms with E-state index < -0.39 is 4.92 Å². The zero-order chi connectivity index (χ0) is 15.1. The molecule has 6 nitrogen and oxygen atoms in total. The Labute approximate surface area is 121 Å². The van der Waals surface area contributed by atoms with Crippen molar-refractivity contribution in [1.82, 2.24) is 4.98 Å². The summed E-state index contributed by atoms with van der Waals surface area (Å²) in [5.74, 6) is 0.243. The number of rotatable bonds is 6. The van der Waals surface area contributed by atoms with Gasteiger partial charge in [0.25, 0.3) is 5.69 Å². The van der Waals surface area contributed by atoms with Crippen LogP contribution in [0, 0.1) is 21.4 Å². The average molecular weight is 283 g/mol. The Kier molecular flexibility index (Phi) is 4.83. The molecule has 106 valence electrons. The van der Waals surface area contributed by atoms with Crippen LogP contribution in [0.2, 0.25) is 0 Å². The molecule has 0 N–H and O–H groups in total. The van der Waals surface area contributed by atoms with Crippen LogP contribution >= 0.6 is 0 Å². The Bertz CT molecular complexity index is 666. The van der Waals surface area contributed by atoms with Gasteiger partial charge >= 0.3 is 0 Å². The van der Waals surface area contributed by atoms with E-state index in [1.807, 2.05) is 24.3 Å². The van der Waals surface area contributed by atoms with Gasteiger partial charge in [-0.1, -0.05) is 12.1 Å². The van der Waals surface area contributed by atoms with Gasteiger partial charge in [-0.25, -0.2) is 0 Å². The zero-order valence-electron chi connectivity index (χ0n) is 11.2. The van der Waals surface area contributed by atoms with Crippen LogP contribution in [0.1, 0.15) is 17.7 Å². The van der Waals surface area contributed by atoms with Gasteiger partial charge in [0.15, 0.2) is 5.56 Å². The van der Waals surface area contributed by atoms with E-state index in [1.165, 1.54) is 12.1 Å². The summed E-state index contributed by atoms with van der Waals surface area (Å²) < 4.78 is 5.49. The summed E-state index contributed by atoms with van der Waals surface area (Å²) in [5.41, 5.74) is 0.681. The van der Waals surface area contributed by atoms with Crippen LogP contribution in [-0.2, 0) is 6.42 Å². The molecule has 0 aliphatic heterocycles. The SMILES string of the molecule is N#Cc1c(OCCCc2ccccn2)cccc1[N+](=O)[O-]. The van der Waals surface area contributed by atoms with Crippen molar-refractivity contribution >= 4 is 5.69 Å². The fraction of sp³-hybridized carbons (Fsp3) is 0.200. The molecule has 2 rings (SSSR count). The number of nitro benzene ring substituents is 1. The van der Waals surface area contributed by atoms with Gasteiger partial charge in [0.1, 0.15) is 11.8 Å². The topological polar surface area (TPSA) is 89.0 Å². The maximum Gasteiger partial charge on any atom is 0.290 e. The molecule has 0 amide bonds. The van der Waals surface area contributed by atoms with E-state index in [0.717, 1.165) is 12.1 Å². The molecule has 2 aromatic rings. The number of pyridine rings is 1. The first kappa shape index (κ1) is 14.5. The number of benzene rings is 1. The summed E-state index contributed by atoms with van der Waals surface area (Å²) in [6.07, 6.45) is 3.19. The normalized spacial score (nSPS) is 9.86. The quantitative estimate of drug-likeness (QED) is 0.462. The Morgan fingerprint density at radius 2 is 2.14 bits per heavy atom. The minimum atomic E-state index is -0.584. The Hall–Kier alpha value is -2.94. The highest BCUT2D eigenvalue weighted by molar-refractivity contribution is 5.56. The molecule has 1 aromatic carbocycles. The minimum Gasteiger partial charge on any atom is -0.492 e. The van der Waals surface area contributed by atoms with Crippen molar-refractivity contribution in [1.29, 1.82) is 5.26 Å². The van der Waals surface area contributed by atoms with Crippen molar-refractivity contribution < 1.29 is 9.66 Å². The molecular weight excluding hydrogens is 270 g/mol. The molecule has 0 atom stereocenters. The van der Waals surface area contributed by atoms with Gasteiger partial charge in [0.2, 0.25) is 0 Å². The number of nitro groups is 1. The van der Waals surface area contributed by atoms with E-state index in [0.29, 0.717) is 13.0 Å². The van der Waals surface area contributed by atoms with E-state index in [9.17, 15) is 10.1 Å². The number of aromatic nitrogens is 1. The van der Waals surface area contributed by atoms with E-state index in [4.69, 9.17) is 10.00 Å². The number of aryl methyl sites for hydroxylation is 1. The molecule has 0 aliphatic carbocycles. The van der Waals surface area contributed by atoms with Crippen molar-refractivity contribution in [2.24, 2.45) is 0 Å². The molecule has 0 fully saturated rings. The van der Waals surface area contributed by atoms with Crippen LogP contribution in [0.4, 0.5) is 5.69 Å². The number of nitrogens with zero attached hydrogens (tertiary/aromatic N) is 3. The lowest BCUT2D eigenvalue weighted by atomic mass is 10.2. The first-order chi connectivity index (χ1) is 10.2. The summed E-state index contributed by atoms with van der Waals surface area (Å²) in [6.45, 7) is 0.367. The molecule has 6 heteroatoms. The highest BCUT2D eigenvalue weighted by Gasteiger charge is 2.17. The monoisotopic (exact) mass is 283 g/mol. The fourth-order valence-electron chi connectivity index (χ4n) is 1.89. The molecule has 0 bridgehead atoms. The lowest BCUT2D eigenvalue weighted by Crippen LogP contribution is -2.03.